The van der Waals surface area contributed by atoms with Gasteiger partial charge >= 0.3 is 0 Å². The second kappa shape index (κ2) is 9.72. The Bertz CT molecular complexity index is 417. The first-order valence-corrected chi connectivity index (χ1v) is 10.1. The van der Waals surface area contributed by atoms with Gasteiger partial charge in [0, 0.05) is 18.3 Å². The van der Waals surface area contributed by atoms with E-state index in [1.807, 2.05) is 6.92 Å². The molecule has 2 bridgehead atoms. The molecule has 138 valence electrons. The monoisotopic (exact) mass is 336 g/mol. The van der Waals surface area contributed by atoms with E-state index in [0.717, 1.165) is 12.8 Å². The highest BCUT2D eigenvalue weighted by Gasteiger charge is 2.48. The summed E-state index contributed by atoms with van der Waals surface area (Å²) < 4.78 is 0. The Morgan fingerprint density at radius 3 is 2.50 bits per heavy atom. The van der Waals surface area contributed by atoms with Crippen molar-refractivity contribution in [3.63, 3.8) is 0 Å². The van der Waals surface area contributed by atoms with Crippen LogP contribution in [0.4, 0.5) is 0 Å². The number of allylic oxidation sites excluding steroid dienone is 1. The van der Waals surface area contributed by atoms with Crippen LogP contribution in [0.25, 0.3) is 0 Å². The Kier molecular flexibility index (Phi) is 7.96. The SMILES string of the molecule is CCCCCCCCCC/C=C/[C@@]1(C)OO[C@@H]2C[C@H]1CC(=O)[C@@H]2C. The standard InChI is InChI=1S/C21H36O3/c1-4-5-6-7-8-9-10-11-12-13-14-21(3)18-15-19(22)17(2)20(16-18)23-24-21/h13-14,17-18,20H,4-12,15-16H2,1-3H3/b14-13+/t17-,18+,20+,21+/m0/s1. The van der Waals surface area contributed by atoms with Gasteiger partial charge in [0.05, 0.1) is 0 Å². The van der Waals surface area contributed by atoms with E-state index in [4.69, 9.17) is 9.78 Å². The summed E-state index contributed by atoms with van der Waals surface area (Å²) in [6, 6.07) is 0. The molecule has 2 fully saturated rings. The maximum absolute atomic E-state index is 12.1. The van der Waals surface area contributed by atoms with Gasteiger partial charge in [0.2, 0.25) is 0 Å². The zero-order valence-electron chi connectivity index (χ0n) is 15.9. The number of hydrogen-bond donors (Lipinski definition) is 0. The predicted octanol–water partition coefficient (Wildman–Crippen LogP) is 5.78. The molecule has 0 unspecified atom stereocenters. The Morgan fingerprint density at radius 1 is 1.12 bits per heavy atom. The van der Waals surface area contributed by atoms with E-state index in [1.165, 1.54) is 51.4 Å². The molecule has 3 nitrogen and oxygen atoms in total. The molecule has 2 rings (SSSR count). The van der Waals surface area contributed by atoms with Crippen LogP contribution in [0.2, 0.25) is 0 Å². The molecular formula is C21H36O3. The van der Waals surface area contributed by atoms with Gasteiger partial charge in [-0.25, -0.2) is 9.78 Å². The minimum Gasteiger partial charge on any atom is -0.299 e. The molecule has 0 radical (unpaired) electrons. The van der Waals surface area contributed by atoms with Gasteiger partial charge < -0.3 is 0 Å². The van der Waals surface area contributed by atoms with Crippen LogP contribution in [0.1, 0.15) is 91.4 Å². The third kappa shape index (κ3) is 5.42. The first-order chi connectivity index (χ1) is 11.6. The number of ketones is 1. The molecule has 0 N–H and O–H groups in total. The number of Topliss-reactive ketones (excluding diaryl/α,β-unsaturated/α-hetero) is 1. The van der Waals surface area contributed by atoms with E-state index in [1.54, 1.807) is 0 Å². The molecule has 0 aromatic carbocycles. The number of carbonyl (C=O) groups is 1. The second-order valence-electron chi connectivity index (χ2n) is 7.96. The molecule has 2 aliphatic rings. The molecule has 4 atom stereocenters. The van der Waals surface area contributed by atoms with Crippen molar-refractivity contribution in [2.45, 2.75) is 103 Å². The maximum Gasteiger partial charge on any atom is 0.138 e. The van der Waals surface area contributed by atoms with E-state index >= 15 is 0 Å². The lowest BCUT2D eigenvalue weighted by Gasteiger charge is -2.45. The Morgan fingerprint density at radius 2 is 1.79 bits per heavy atom. The molecular weight excluding hydrogens is 300 g/mol. The molecule has 1 saturated carbocycles. The van der Waals surface area contributed by atoms with Gasteiger partial charge in [-0.3, -0.25) is 4.79 Å². The van der Waals surface area contributed by atoms with Gasteiger partial charge in [-0.2, -0.15) is 0 Å². The molecule has 0 amide bonds. The van der Waals surface area contributed by atoms with Crippen molar-refractivity contribution in [3.8, 4) is 0 Å². The van der Waals surface area contributed by atoms with Gasteiger partial charge in [-0.1, -0.05) is 70.9 Å². The van der Waals surface area contributed by atoms with Crippen LogP contribution in [0.15, 0.2) is 12.2 Å². The lowest BCUT2D eigenvalue weighted by molar-refractivity contribution is -0.415. The summed E-state index contributed by atoms with van der Waals surface area (Å²) in [5, 5.41) is 0. The maximum atomic E-state index is 12.1. The smallest absolute Gasteiger partial charge is 0.138 e. The molecule has 3 heteroatoms. The second-order valence-corrected chi connectivity index (χ2v) is 7.96. The molecule has 0 spiro atoms. The summed E-state index contributed by atoms with van der Waals surface area (Å²) in [7, 11) is 0. The van der Waals surface area contributed by atoms with Crippen LogP contribution in [0.3, 0.4) is 0 Å². The minimum absolute atomic E-state index is 0.0212. The average Bonchev–Trinajstić information content (AvgIpc) is 2.57. The Labute approximate surface area is 148 Å². The summed E-state index contributed by atoms with van der Waals surface area (Å²) in [5.41, 5.74) is -0.438. The van der Waals surface area contributed by atoms with Crippen LogP contribution >= 0.6 is 0 Å². The highest BCUT2D eigenvalue weighted by molar-refractivity contribution is 5.82. The van der Waals surface area contributed by atoms with E-state index in [2.05, 4.69) is 26.0 Å². The van der Waals surface area contributed by atoms with Crippen molar-refractivity contribution >= 4 is 5.78 Å². The van der Waals surface area contributed by atoms with Crippen molar-refractivity contribution in [2.75, 3.05) is 0 Å². The van der Waals surface area contributed by atoms with Gasteiger partial charge in [0.15, 0.2) is 0 Å². The topological polar surface area (TPSA) is 35.5 Å². The number of hydrogen-bond acceptors (Lipinski definition) is 3. The highest BCUT2D eigenvalue weighted by atomic mass is 17.2. The highest BCUT2D eigenvalue weighted by Crippen LogP contribution is 2.42. The summed E-state index contributed by atoms with van der Waals surface area (Å²) >= 11 is 0. The summed E-state index contributed by atoms with van der Waals surface area (Å²) in [6.45, 7) is 6.27. The molecule has 0 aromatic heterocycles. The summed E-state index contributed by atoms with van der Waals surface area (Å²) in [5.74, 6) is 0.559. The lowest BCUT2D eigenvalue weighted by atomic mass is 9.71. The molecule has 24 heavy (non-hydrogen) atoms. The molecule has 1 saturated heterocycles. The van der Waals surface area contributed by atoms with Gasteiger partial charge in [0.25, 0.3) is 0 Å². The fourth-order valence-electron chi connectivity index (χ4n) is 3.87. The first kappa shape index (κ1) is 19.7. The molecule has 1 aliphatic carbocycles. The van der Waals surface area contributed by atoms with Crippen LogP contribution in [0, 0.1) is 11.8 Å². The van der Waals surface area contributed by atoms with Gasteiger partial charge in [-0.05, 0) is 26.2 Å². The fraction of sp³-hybridized carbons (Fsp3) is 0.857. The number of unbranched alkanes of at least 4 members (excludes halogenated alkanes) is 8. The Hall–Kier alpha value is -0.670. The third-order valence-corrected chi connectivity index (χ3v) is 5.86. The van der Waals surface area contributed by atoms with Gasteiger partial charge in [-0.15, -0.1) is 0 Å². The normalized spacial score (nSPS) is 33.3. The fourth-order valence-corrected chi connectivity index (χ4v) is 3.87. The van der Waals surface area contributed by atoms with E-state index in [-0.39, 0.29) is 17.9 Å². The predicted molar refractivity (Wildman–Crippen MR) is 97.6 cm³/mol. The van der Waals surface area contributed by atoms with E-state index < -0.39 is 5.60 Å². The zero-order chi connectivity index (χ0) is 17.4. The molecule has 0 aromatic rings. The number of carbonyl (C=O) groups excluding carboxylic acids is 1. The van der Waals surface area contributed by atoms with Crippen LogP contribution in [0.5, 0.6) is 0 Å². The number of fused-ring (bicyclic) bond motifs is 2. The number of rotatable bonds is 10. The van der Waals surface area contributed by atoms with Crippen molar-refractivity contribution < 1.29 is 14.6 Å². The van der Waals surface area contributed by atoms with Gasteiger partial charge in [0.1, 0.15) is 17.5 Å². The lowest BCUT2D eigenvalue weighted by Crippen LogP contribution is -2.52. The largest absolute Gasteiger partial charge is 0.299 e. The van der Waals surface area contributed by atoms with Crippen molar-refractivity contribution in [1.29, 1.82) is 0 Å². The quantitative estimate of drug-likeness (QED) is 0.288. The third-order valence-electron chi connectivity index (χ3n) is 5.86. The van der Waals surface area contributed by atoms with E-state index in [0.29, 0.717) is 12.2 Å². The minimum atomic E-state index is -0.438. The van der Waals surface area contributed by atoms with Crippen molar-refractivity contribution in [3.05, 3.63) is 12.2 Å². The summed E-state index contributed by atoms with van der Waals surface area (Å²) in [4.78, 5) is 23.3. The van der Waals surface area contributed by atoms with Crippen LogP contribution < -0.4 is 0 Å². The van der Waals surface area contributed by atoms with E-state index in [9.17, 15) is 4.79 Å². The zero-order valence-corrected chi connectivity index (χ0v) is 15.9. The summed E-state index contributed by atoms with van der Waals surface area (Å²) in [6.07, 6.45) is 17.7. The van der Waals surface area contributed by atoms with Crippen molar-refractivity contribution in [2.24, 2.45) is 11.8 Å². The van der Waals surface area contributed by atoms with Crippen LogP contribution in [-0.4, -0.2) is 17.5 Å². The average molecular weight is 337 g/mol. The first-order valence-electron chi connectivity index (χ1n) is 10.1. The molecule has 1 aliphatic heterocycles. The van der Waals surface area contributed by atoms with Crippen LogP contribution in [-0.2, 0) is 14.6 Å². The van der Waals surface area contributed by atoms with Crippen molar-refractivity contribution in [1.82, 2.24) is 0 Å². The molecule has 1 heterocycles. The Balaban J connectivity index is 1.64.